The Morgan fingerprint density at radius 3 is 2.28 bits per heavy atom. The Balaban J connectivity index is 1.45. The number of rotatable bonds is 2. The summed E-state index contributed by atoms with van der Waals surface area (Å²) in [5, 5.41) is 10.1. The number of ether oxygens (including phenoxy) is 1. The van der Waals surface area contributed by atoms with Gasteiger partial charge in [-0.05, 0) is 111 Å². The molecule has 3 nitrogen and oxygen atoms in total. The molecule has 0 bridgehead atoms. The highest BCUT2D eigenvalue weighted by Crippen LogP contribution is 2.71. The highest BCUT2D eigenvalue weighted by atomic mass is 16.5. The summed E-state index contributed by atoms with van der Waals surface area (Å²) in [5.41, 5.74) is 0.487. The largest absolute Gasteiger partial charge is 0.481 e. The zero-order chi connectivity index (χ0) is 20.6. The molecule has 3 heteroatoms. The summed E-state index contributed by atoms with van der Waals surface area (Å²) in [6.07, 6.45) is 13.7. The molecule has 0 heterocycles. The van der Waals surface area contributed by atoms with Crippen molar-refractivity contribution in [3.8, 4) is 0 Å². The first-order valence-corrected chi connectivity index (χ1v) is 12.5. The molecule has 0 aromatic heterocycles. The zero-order valence-electron chi connectivity index (χ0n) is 19.1. The van der Waals surface area contributed by atoms with Gasteiger partial charge in [-0.25, -0.2) is 0 Å². The van der Waals surface area contributed by atoms with Gasteiger partial charge in [0.05, 0.1) is 11.5 Å². The fraction of sp³-hybridized carbons (Fsp3) is 0.962. The summed E-state index contributed by atoms with van der Waals surface area (Å²) in [7, 11) is 1.90. The average Bonchev–Trinajstić information content (AvgIpc) is 3.14. The zero-order valence-corrected chi connectivity index (χ0v) is 19.1. The summed E-state index contributed by atoms with van der Waals surface area (Å²) in [4.78, 5) is 12.3. The predicted molar refractivity (Wildman–Crippen MR) is 114 cm³/mol. The van der Waals surface area contributed by atoms with Gasteiger partial charge in [-0.3, -0.25) is 4.79 Å². The van der Waals surface area contributed by atoms with Crippen LogP contribution in [0.3, 0.4) is 0 Å². The second-order valence-electron chi connectivity index (χ2n) is 12.2. The summed E-state index contributed by atoms with van der Waals surface area (Å²) in [6.45, 7) is 7.71. The molecule has 1 N–H and O–H groups in total. The van der Waals surface area contributed by atoms with Crippen LogP contribution in [0.2, 0.25) is 0 Å². The van der Waals surface area contributed by atoms with Crippen LogP contribution in [0.15, 0.2) is 0 Å². The molecule has 164 valence electrons. The highest BCUT2D eigenvalue weighted by molar-refractivity contribution is 5.75. The van der Waals surface area contributed by atoms with Crippen LogP contribution in [0.1, 0.15) is 91.4 Å². The maximum absolute atomic E-state index is 12.3. The van der Waals surface area contributed by atoms with Gasteiger partial charge >= 0.3 is 5.97 Å². The van der Waals surface area contributed by atoms with Crippen molar-refractivity contribution in [2.24, 2.45) is 51.8 Å². The average molecular weight is 403 g/mol. The summed E-state index contributed by atoms with van der Waals surface area (Å²) in [6, 6.07) is 0. The molecular weight excluding hydrogens is 360 g/mol. The van der Waals surface area contributed by atoms with Gasteiger partial charge in [-0.15, -0.1) is 0 Å². The molecule has 0 radical (unpaired) electrons. The van der Waals surface area contributed by atoms with Gasteiger partial charge in [0, 0.05) is 7.11 Å². The van der Waals surface area contributed by atoms with E-state index in [-0.39, 0.29) is 5.41 Å². The molecule has 0 aliphatic heterocycles. The van der Waals surface area contributed by atoms with Crippen LogP contribution in [0, 0.1) is 51.8 Å². The van der Waals surface area contributed by atoms with Crippen LogP contribution in [0.5, 0.6) is 0 Å². The first-order chi connectivity index (χ1) is 13.8. The Morgan fingerprint density at radius 2 is 1.55 bits per heavy atom. The molecule has 5 aliphatic rings. The SMILES string of the molecule is CO[C@H]1CC[C@@]2(C)C(CC[C@@]3(C)C4CC[C@@]5(C(=O)O)CCCC5C4CCC32)[C@H]1C. The molecule has 0 aromatic carbocycles. The van der Waals surface area contributed by atoms with Gasteiger partial charge in [0.1, 0.15) is 0 Å². The lowest BCUT2D eigenvalue weighted by molar-refractivity contribution is -0.201. The van der Waals surface area contributed by atoms with Crippen LogP contribution >= 0.6 is 0 Å². The van der Waals surface area contributed by atoms with Crippen LogP contribution < -0.4 is 0 Å². The third-order valence-corrected chi connectivity index (χ3v) is 11.8. The number of hydrogen-bond donors (Lipinski definition) is 1. The molecule has 0 saturated heterocycles. The maximum Gasteiger partial charge on any atom is 0.309 e. The van der Waals surface area contributed by atoms with Crippen molar-refractivity contribution in [2.45, 2.75) is 97.5 Å². The summed E-state index contributed by atoms with van der Waals surface area (Å²) in [5.74, 6) is 3.67. The van der Waals surface area contributed by atoms with Crippen molar-refractivity contribution < 1.29 is 14.6 Å². The fourth-order valence-electron chi connectivity index (χ4n) is 10.5. The van der Waals surface area contributed by atoms with E-state index in [9.17, 15) is 9.90 Å². The van der Waals surface area contributed by atoms with E-state index in [0.717, 1.165) is 43.4 Å². The number of hydrogen-bond acceptors (Lipinski definition) is 2. The van der Waals surface area contributed by atoms with Gasteiger partial charge in [0.15, 0.2) is 0 Å². The van der Waals surface area contributed by atoms with Gasteiger partial charge in [0.2, 0.25) is 0 Å². The predicted octanol–water partition coefficient (Wildman–Crippen LogP) is 6.16. The minimum absolute atomic E-state index is 0.378. The minimum atomic E-state index is -0.479. The Hall–Kier alpha value is -0.570. The number of aliphatic carboxylic acids is 1. The van der Waals surface area contributed by atoms with E-state index in [4.69, 9.17) is 4.74 Å². The van der Waals surface area contributed by atoms with Gasteiger partial charge in [0.25, 0.3) is 0 Å². The van der Waals surface area contributed by atoms with Crippen molar-refractivity contribution in [3.63, 3.8) is 0 Å². The Morgan fingerprint density at radius 1 is 0.862 bits per heavy atom. The number of carboxylic acid groups (broad SMARTS) is 1. The van der Waals surface area contributed by atoms with Gasteiger partial charge in [-0.1, -0.05) is 27.2 Å². The minimum Gasteiger partial charge on any atom is -0.481 e. The standard InChI is InChI=1S/C26H42O3/c1-16-18-9-13-25(3)19-10-15-26(23(27)28)12-5-6-20(26)17(19)7-8-22(25)24(18,2)14-11-21(16)29-4/h16-22H,5-15H2,1-4H3,(H,27,28)/t16-,17?,18?,19?,20?,21+,22?,24+,25+,26+/m1/s1. The first kappa shape index (κ1) is 20.3. The Labute approximate surface area is 177 Å². The maximum atomic E-state index is 12.3. The molecule has 5 aliphatic carbocycles. The summed E-state index contributed by atoms with van der Waals surface area (Å²) >= 11 is 0. The van der Waals surface area contributed by atoms with Crippen LogP contribution in [0.4, 0.5) is 0 Å². The van der Waals surface area contributed by atoms with Gasteiger partial charge in [-0.2, -0.15) is 0 Å². The molecule has 0 amide bonds. The second-order valence-corrected chi connectivity index (χ2v) is 12.2. The molecule has 5 fully saturated rings. The van der Waals surface area contributed by atoms with Crippen molar-refractivity contribution in [3.05, 3.63) is 0 Å². The number of carbonyl (C=O) groups is 1. The molecule has 0 spiro atoms. The van der Waals surface area contributed by atoms with Crippen molar-refractivity contribution >= 4 is 5.97 Å². The van der Waals surface area contributed by atoms with E-state index in [1.807, 2.05) is 7.11 Å². The molecule has 0 aromatic rings. The highest BCUT2D eigenvalue weighted by Gasteiger charge is 2.65. The monoisotopic (exact) mass is 402 g/mol. The molecule has 10 atom stereocenters. The lowest BCUT2D eigenvalue weighted by atomic mass is 9.37. The van der Waals surface area contributed by atoms with E-state index in [2.05, 4.69) is 20.8 Å². The van der Waals surface area contributed by atoms with E-state index in [0.29, 0.717) is 34.7 Å². The third-order valence-electron chi connectivity index (χ3n) is 11.8. The lowest BCUT2D eigenvalue weighted by Crippen LogP contribution is -2.61. The molecule has 5 saturated carbocycles. The smallest absolute Gasteiger partial charge is 0.309 e. The first-order valence-electron chi connectivity index (χ1n) is 12.5. The molecule has 29 heavy (non-hydrogen) atoms. The van der Waals surface area contributed by atoms with Gasteiger partial charge < -0.3 is 9.84 Å². The second kappa shape index (κ2) is 6.71. The number of fused-ring (bicyclic) bond motifs is 7. The fourth-order valence-corrected chi connectivity index (χ4v) is 10.5. The lowest BCUT2D eigenvalue weighted by Gasteiger charge is -2.67. The number of carboxylic acids is 1. The topological polar surface area (TPSA) is 46.5 Å². The van der Waals surface area contributed by atoms with Crippen molar-refractivity contribution in [2.75, 3.05) is 7.11 Å². The van der Waals surface area contributed by atoms with E-state index >= 15 is 0 Å². The van der Waals surface area contributed by atoms with Crippen LogP contribution in [-0.4, -0.2) is 24.3 Å². The third kappa shape index (κ3) is 2.55. The number of methoxy groups -OCH3 is 1. The Kier molecular flexibility index (Phi) is 4.71. The normalized spacial score (nSPS) is 56.6. The Bertz CT molecular complexity index is 675. The van der Waals surface area contributed by atoms with E-state index in [1.165, 1.54) is 44.9 Å². The quantitative estimate of drug-likeness (QED) is 0.601. The molecule has 5 unspecified atom stereocenters. The molecule has 5 rings (SSSR count). The van der Waals surface area contributed by atoms with Crippen molar-refractivity contribution in [1.29, 1.82) is 0 Å². The van der Waals surface area contributed by atoms with E-state index < -0.39 is 5.97 Å². The summed E-state index contributed by atoms with van der Waals surface area (Å²) < 4.78 is 5.87. The molecular formula is C26H42O3. The van der Waals surface area contributed by atoms with Crippen LogP contribution in [0.25, 0.3) is 0 Å². The van der Waals surface area contributed by atoms with E-state index in [1.54, 1.807) is 0 Å². The van der Waals surface area contributed by atoms with Crippen LogP contribution in [-0.2, 0) is 9.53 Å². The van der Waals surface area contributed by atoms with Crippen molar-refractivity contribution in [1.82, 2.24) is 0 Å².